The molecular weight excluding hydrogens is 332 g/mol. The maximum absolute atomic E-state index is 10.9. The molecular formula is C17H25BrO3. The van der Waals surface area contributed by atoms with Crippen LogP contribution in [0.1, 0.15) is 68.6 Å². The number of rotatable bonds is 11. The molecule has 1 aromatic carbocycles. The van der Waals surface area contributed by atoms with Crippen molar-refractivity contribution in [2.75, 3.05) is 6.61 Å². The Kier molecular flexibility index (Phi) is 9.15. The lowest BCUT2D eigenvalue weighted by atomic mass is 10.1. The van der Waals surface area contributed by atoms with Crippen LogP contribution in [0.4, 0.5) is 0 Å². The van der Waals surface area contributed by atoms with E-state index in [1.807, 2.05) is 0 Å². The summed E-state index contributed by atoms with van der Waals surface area (Å²) < 4.78 is 6.46. The minimum absolute atomic E-state index is 0.254. The highest BCUT2D eigenvalue weighted by molar-refractivity contribution is 9.10. The monoisotopic (exact) mass is 356 g/mol. The predicted molar refractivity (Wildman–Crippen MR) is 89.2 cm³/mol. The summed E-state index contributed by atoms with van der Waals surface area (Å²) >= 11 is 3.38. The van der Waals surface area contributed by atoms with Crippen LogP contribution in [-0.2, 0) is 0 Å². The van der Waals surface area contributed by atoms with Crippen molar-refractivity contribution in [1.82, 2.24) is 0 Å². The van der Waals surface area contributed by atoms with Crippen molar-refractivity contribution >= 4 is 21.9 Å². The van der Waals surface area contributed by atoms with E-state index in [1.165, 1.54) is 44.9 Å². The minimum Gasteiger partial charge on any atom is -0.492 e. The van der Waals surface area contributed by atoms with Crippen LogP contribution in [0.5, 0.6) is 5.75 Å². The van der Waals surface area contributed by atoms with E-state index in [0.29, 0.717) is 12.4 Å². The summed E-state index contributed by atoms with van der Waals surface area (Å²) in [6.07, 6.45) is 10.1. The highest BCUT2D eigenvalue weighted by Crippen LogP contribution is 2.26. The first-order valence-electron chi connectivity index (χ1n) is 7.80. The molecule has 0 saturated heterocycles. The standard InChI is InChI=1S/C17H25BrO3/c1-2-3-4-5-6-7-8-9-12-21-16-13-14(17(19)20)10-11-15(16)18/h10-11,13H,2-9,12H2,1H3,(H,19,20). The third-order valence-electron chi connectivity index (χ3n) is 3.43. The van der Waals surface area contributed by atoms with Crippen molar-refractivity contribution in [2.45, 2.75) is 58.3 Å². The second-order valence-electron chi connectivity index (χ2n) is 5.27. The largest absolute Gasteiger partial charge is 0.492 e. The summed E-state index contributed by atoms with van der Waals surface area (Å²) in [5.41, 5.74) is 0.254. The van der Waals surface area contributed by atoms with Crippen LogP contribution in [-0.4, -0.2) is 17.7 Å². The molecule has 4 heteroatoms. The molecule has 118 valence electrons. The molecule has 0 bridgehead atoms. The quantitative estimate of drug-likeness (QED) is 0.519. The summed E-state index contributed by atoms with van der Waals surface area (Å²) in [6, 6.07) is 4.85. The summed E-state index contributed by atoms with van der Waals surface area (Å²) in [5.74, 6) is -0.322. The molecule has 0 aromatic heterocycles. The van der Waals surface area contributed by atoms with Crippen LogP contribution >= 0.6 is 15.9 Å². The highest BCUT2D eigenvalue weighted by atomic mass is 79.9. The van der Waals surface area contributed by atoms with Gasteiger partial charge in [-0.3, -0.25) is 0 Å². The summed E-state index contributed by atoms with van der Waals surface area (Å²) in [6.45, 7) is 2.87. The number of halogens is 1. The zero-order chi connectivity index (χ0) is 15.5. The van der Waals surface area contributed by atoms with Gasteiger partial charge in [-0.1, -0.05) is 51.9 Å². The molecule has 0 aliphatic heterocycles. The third-order valence-corrected chi connectivity index (χ3v) is 4.09. The molecule has 1 N–H and O–H groups in total. The maximum atomic E-state index is 10.9. The lowest BCUT2D eigenvalue weighted by molar-refractivity contribution is 0.0696. The fourth-order valence-electron chi connectivity index (χ4n) is 2.17. The fraction of sp³-hybridized carbons (Fsp3) is 0.588. The number of benzene rings is 1. The third kappa shape index (κ3) is 7.51. The van der Waals surface area contributed by atoms with Gasteiger partial charge in [-0.2, -0.15) is 0 Å². The molecule has 0 amide bonds. The second-order valence-corrected chi connectivity index (χ2v) is 6.13. The van der Waals surface area contributed by atoms with E-state index in [0.717, 1.165) is 10.9 Å². The average Bonchev–Trinajstić information content (AvgIpc) is 2.47. The first kappa shape index (κ1) is 18.0. The van der Waals surface area contributed by atoms with Gasteiger partial charge >= 0.3 is 5.97 Å². The molecule has 1 aromatic rings. The molecule has 3 nitrogen and oxygen atoms in total. The Bertz CT molecular complexity index is 432. The Labute approximate surface area is 135 Å². The number of hydrogen-bond donors (Lipinski definition) is 1. The number of unbranched alkanes of at least 4 members (excludes halogenated alkanes) is 7. The summed E-state index contributed by atoms with van der Waals surface area (Å²) in [5, 5.41) is 8.96. The van der Waals surface area contributed by atoms with E-state index in [1.54, 1.807) is 18.2 Å². The van der Waals surface area contributed by atoms with Gasteiger partial charge in [0, 0.05) is 0 Å². The van der Waals surface area contributed by atoms with E-state index >= 15 is 0 Å². The fourth-order valence-corrected chi connectivity index (χ4v) is 2.53. The van der Waals surface area contributed by atoms with E-state index < -0.39 is 5.97 Å². The zero-order valence-electron chi connectivity index (χ0n) is 12.7. The van der Waals surface area contributed by atoms with Gasteiger partial charge < -0.3 is 9.84 Å². The molecule has 21 heavy (non-hydrogen) atoms. The van der Waals surface area contributed by atoms with Gasteiger partial charge in [0.1, 0.15) is 5.75 Å². The van der Waals surface area contributed by atoms with Crippen LogP contribution < -0.4 is 4.74 Å². The normalized spacial score (nSPS) is 10.6. The lowest BCUT2D eigenvalue weighted by Crippen LogP contribution is -2.01. The topological polar surface area (TPSA) is 46.5 Å². The molecule has 0 atom stereocenters. The summed E-state index contributed by atoms with van der Waals surface area (Å²) in [7, 11) is 0. The molecule has 0 saturated carbocycles. The SMILES string of the molecule is CCCCCCCCCCOc1cc(C(=O)O)ccc1Br. The zero-order valence-corrected chi connectivity index (χ0v) is 14.3. The smallest absolute Gasteiger partial charge is 0.335 e. The molecule has 0 unspecified atom stereocenters. The predicted octanol–water partition coefficient (Wildman–Crippen LogP) is 5.67. The number of carbonyl (C=O) groups is 1. The highest BCUT2D eigenvalue weighted by Gasteiger charge is 2.07. The van der Waals surface area contributed by atoms with Crippen LogP contribution in [0.15, 0.2) is 22.7 Å². The van der Waals surface area contributed by atoms with E-state index in [9.17, 15) is 4.79 Å². The van der Waals surface area contributed by atoms with Crippen LogP contribution in [0.25, 0.3) is 0 Å². The van der Waals surface area contributed by atoms with Crippen molar-refractivity contribution in [3.63, 3.8) is 0 Å². The first-order chi connectivity index (χ1) is 10.1. The molecule has 0 heterocycles. The number of ether oxygens (including phenoxy) is 1. The van der Waals surface area contributed by atoms with Gasteiger partial charge in [0.2, 0.25) is 0 Å². The van der Waals surface area contributed by atoms with Gasteiger partial charge in [-0.05, 0) is 40.5 Å². The van der Waals surface area contributed by atoms with E-state index in [2.05, 4.69) is 22.9 Å². The first-order valence-corrected chi connectivity index (χ1v) is 8.60. The van der Waals surface area contributed by atoms with Gasteiger partial charge in [-0.25, -0.2) is 4.79 Å². The van der Waals surface area contributed by atoms with Crippen LogP contribution in [0.2, 0.25) is 0 Å². The molecule has 0 fully saturated rings. The van der Waals surface area contributed by atoms with E-state index in [-0.39, 0.29) is 5.56 Å². The average molecular weight is 357 g/mol. The number of carboxylic acids is 1. The van der Waals surface area contributed by atoms with Crippen LogP contribution in [0, 0.1) is 0 Å². The van der Waals surface area contributed by atoms with Crippen molar-refractivity contribution in [1.29, 1.82) is 0 Å². The molecule has 0 aliphatic rings. The lowest BCUT2D eigenvalue weighted by Gasteiger charge is -2.09. The number of aromatic carboxylic acids is 1. The molecule has 0 radical (unpaired) electrons. The molecule has 0 aliphatic carbocycles. The second kappa shape index (κ2) is 10.7. The Morgan fingerprint density at radius 2 is 1.71 bits per heavy atom. The van der Waals surface area contributed by atoms with Gasteiger partial charge in [0.15, 0.2) is 0 Å². The van der Waals surface area contributed by atoms with Crippen molar-refractivity contribution in [3.8, 4) is 5.75 Å². The Hall–Kier alpha value is -1.03. The van der Waals surface area contributed by atoms with E-state index in [4.69, 9.17) is 9.84 Å². The Balaban J connectivity index is 2.18. The van der Waals surface area contributed by atoms with Gasteiger partial charge in [-0.15, -0.1) is 0 Å². The van der Waals surface area contributed by atoms with Crippen LogP contribution in [0.3, 0.4) is 0 Å². The molecule has 1 rings (SSSR count). The Morgan fingerprint density at radius 3 is 2.33 bits per heavy atom. The Morgan fingerprint density at radius 1 is 1.10 bits per heavy atom. The van der Waals surface area contributed by atoms with Crippen molar-refractivity contribution < 1.29 is 14.6 Å². The molecule has 0 spiro atoms. The minimum atomic E-state index is -0.931. The van der Waals surface area contributed by atoms with Crippen molar-refractivity contribution in [3.05, 3.63) is 28.2 Å². The summed E-state index contributed by atoms with van der Waals surface area (Å²) in [4.78, 5) is 10.9. The number of carboxylic acid groups (broad SMARTS) is 1. The van der Waals surface area contributed by atoms with Gasteiger partial charge in [0.05, 0.1) is 16.6 Å². The van der Waals surface area contributed by atoms with Crippen molar-refractivity contribution in [2.24, 2.45) is 0 Å². The van der Waals surface area contributed by atoms with Gasteiger partial charge in [0.25, 0.3) is 0 Å². The maximum Gasteiger partial charge on any atom is 0.335 e. The number of hydrogen-bond acceptors (Lipinski definition) is 2.